The van der Waals surface area contributed by atoms with E-state index >= 15 is 0 Å². The van der Waals surface area contributed by atoms with Crippen molar-refractivity contribution in [3.05, 3.63) is 16.4 Å². The second kappa shape index (κ2) is 4.14. The number of carbonyl (C=O) groups is 1. The van der Waals surface area contributed by atoms with Crippen LogP contribution in [0.1, 0.15) is 18.7 Å². The van der Waals surface area contributed by atoms with E-state index in [0.717, 1.165) is 0 Å². The van der Waals surface area contributed by atoms with Crippen LogP contribution in [0.5, 0.6) is 0 Å². The van der Waals surface area contributed by atoms with Crippen molar-refractivity contribution in [1.82, 2.24) is 15.5 Å². The van der Waals surface area contributed by atoms with Gasteiger partial charge in [0.1, 0.15) is 0 Å². The number of fused-ring (bicyclic) bond motifs is 1. The Morgan fingerprint density at radius 1 is 1.47 bits per heavy atom. The fraction of sp³-hybridized carbons (Fsp3) is 0.727. The molecule has 2 N–H and O–H groups in total. The van der Waals surface area contributed by atoms with Crippen molar-refractivity contribution in [2.24, 2.45) is 17.8 Å². The molecule has 1 heterocycles. The molecule has 19 heavy (non-hydrogen) atoms. The van der Waals surface area contributed by atoms with Crippen LogP contribution < -0.4 is 11.1 Å². The topological polar surface area (TPSA) is 88.0 Å². The van der Waals surface area contributed by atoms with Crippen molar-refractivity contribution < 1.29 is 18.1 Å². The Labute approximate surface area is 106 Å². The van der Waals surface area contributed by atoms with E-state index in [-0.39, 0.29) is 36.5 Å². The quantitative estimate of drug-likeness (QED) is 0.826. The molecule has 8 heteroatoms. The zero-order valence-electron chi connectivity index (χ0n) is 9.99. The minimum absolute atomic E-state index is 0.165. The average molecular weight is 273 g/mol. The standard InChI is InChI=1S/C11H13F2N3O3/c12-11(13)3-5-6(4-11)8(5)9(17)14-2-1-7-15-10(18)19-16-7/h5-6,8H,1-4H2,(H,14,17)(H,15,16,18)/t5-,6+,8?. The van der Waals surface area contributed by atoms with E-state index in [4.69, 9.17) is 0 Å². The van der Waals surface area contributed by atoms with Gasteiger partial charge in [0.15, 0.2) is 5.82 Å². The second-order valence-electron chi connectivity index (χ2n) is 5.20. The van der Waals surface area contributed by atoms with E-state index in [1.54, 1.807) is 0 Å². The van der Waals surface area contributed by atoms with Crippen LogP contribution in [0.4, 0.5) is 8.78 Å². The Bertz CT molecular complexity index is 539. The van der Waals surface area contributed by atoms with E-state index in [1.807, 2.05) is 0 Å². The molecule has 2 aliphatic rings. The summed E-state index contributed by atoms with van der Waals surface area (Å²) < 4.78 is 30.2. The molecule has 2 fully saturated rings. The van der Waals surface area contributed by atoms with Crippen LogP contribution in [-0.4, -0.2) is 28.5 Å². The summed E-state index contributed by atoms with van der Waals surface area (Å²) >= 11 is 0. The lowest BCUT2D eigenvalue weighted by atomic mass is 10.1. The SMILES string of the molecule is O=C(NCCc1noc(=O)[nH]1)C1[C@H]2CC(F)(F)C[C@@H]12. The maximum absolute atomic E-state index is 13.0. The fourth-order valence-electron chi connectivity index (χ4n) is 2.95. The van der Waals surface area contributed by atoms with Crippen LogP contribution in [0.3, 0.4) is 0 Å². The number of amides is 1. The number of carbonyl (C=O) groups excluding carboxylic acids is 1. The van der Waals surface area contributed by atoms with Gasteiger partial charge in [0.25, 0.3) is 0 Å². The number of aromatic amines is 1. The van der Waals surface area contributed by atoms with Crippen LogP contribution in [-0.2, 0) is 11.2 Å². The summed E-state index contributed by atoms with van der Waals surface area (Å²) in [6.45, 7) is 0.299. The van der Waals surface area contributed by atoms with Crippen molar-refractivity contribution >= 4 is 5.91 Å². The van der Waals surface area contributed by atoms with E-state index in [0.29, 0.717) is 18.8 Å². The molecule has 0 aliphatic heterocycles. The molecule has 0 bridgehead atoms. The number of hydrogen-bond donors (Lipinski definition) is 2. The number of nitrogens with zero attached hydrogens (tertiary/aromatic N) is 1. The molecule has 2 saturated carbocycles. The first-order valence-electron chi connectivity index (χ1n) is 6.17. The lowest BCUT2D eigenvalue weighted by molar-refractivity contribution is -0.123. The van der Waals surface area contributed by atoms with Gasteiger partial charge >= 0.3 is 5.76 Å². The lowest BCUT2D eigenvalue weighted by Gasteiger charge is -2.12. The van der Waals surface area contributed by atoms with Crippen LogP contribution in [0, 0.1) is 17.8 Å². The molecule has 1 aromatic rings. The van der Waals surface area contributed by atoms with Crippen molar-refractivity contribution in [2.75, 3.05) is 6.54 Å². The largest absolute Gasteiger partial charge is 0.438 e. The number of rotatable bonds is 4. The molecule has 6 nitrogen and oxygen atoms in total. The van der Waals surface area contributed by atoms with Crippen LogP contribution in [0.15, 0.2) is 9.32 Å². The van der Waals surface area contributed by atoms with Gasteiger partial charge in [-0.2, -0.15) is 0 Å². The minimum atomic E-state index is -2.59. The van der Waals surface area contributed by atoms with Crippen molar-refractivity contribution in [1.29, 1.82) is 0 Å². The maximum Gasteiger partial charge on any atom is 0.438 e. The molecule has 1 amide bonds. The zero-order valence-corrected chi connectivity index (χ0v) is 9.99. The number of alkyl halides is 2. The number of hydrogen-bond acceptors (Lipinski definition) is 4. The number of aromatic nitrogens is 2. The van der Waals surface area contributed by atoms with Crippen molar-refractivity contribution in [3.63, 3.8) is 0 Å². The predicted octanol–water partition coefficient (Wildman–Crippen LogP) is 0.313. The molecular weight excluding hydrogens is 260 g/mol. The van der Waals surface area contributed by atoms with Gasteiger partial charge in [-0.25, -0.2) is 13.6 Å². The molecule has 1 aromatic heterocycles. The van der Waals surface area contributed by atoms with Crippen LogP contribution >= 0.6 is 0 Å². The summed E-state index contributed by atoms with van der Waals surface area (Å²) in [5, 5.41) is 6.13. The molecule has 3 rings (SSSR count). The highest BCUT2D eigenvalue weighted by atomic mass is 19.3. The molecular formula is C11H13F2N3O3. The van der Waals surface area contributed by atoms with E-state index < -0.39 is 11.7 Å². The molecule has 0 radical (unpaired) electrons. The van der Waals surface area contributed by atoms with Gasteiger partial charge in [-0.15, -0.1) is 0 Å². The summed E-state index contributed by atoms with van der Waals surface area (Å²) in [6.07, 6.45) is -0.00554. The highest BCUT2D eigenvalue weighted by molar-refractivity contribution is 5.82. The Hall–Kier alpha value is -1.73. The van der Waals surface area contributed by atoms with Crippen LogP contribution in [0.2, 0.25) is 0 Å². The maximum atomic E-state index is 13.0. The van der Waals surface area contributed by atoms with Gasteiger partial charge in [0.2, 0.25) is 11.8 Å². The molecule has 0 aromatic carbocycles. The third-order valence-electron chi connectivity index (χ3n) is 3.85. The number of nitrogens with one attached hydrogen (secondary N) is 2. The van der Waals surface area contributed by atoms with Crippen LogP contribution in [0.25, 0.3) is 0 Å². The Kier molecular flexibility index (Phi) is 2.68. The third kappa shape index (κ3) is 2.39. The Morgan fingerprint density at radius 3 is 2.74 bits per heavy atom. The van der Waals surface area contributed by atoms with E-state index in [1.165, 1.54) is 0 Å². The van der Waals surface area contributed by atoms with E-state index in [2.05, 4.69) is 20.0 Å². The highest BCUT2D eigenvalue weighted by Crippen LogP contribution is 2.62. The first kappa shape index (κ1) is 12.3. The van der Waals surface area contributed by atoms with Gasteiger partial charge in [-0.05, 0) is 11.8 Å². The van der Waals surface area contributed by atoms with Gasteiger partial charge in [-0.1, -0.05) is 5.16 Å². The number of H-pyrrole nitrogens is 1. The van der Waals surface area contributed by atoms with Gasteiger partial charge in [-0.3, -0.25) is 14.3 Å². The zero-order chi connectivity index (χ0) is 13.6. The average Bonchev–Trinajstić information content (AvgIpc) is 2.68. The highest BCUT2D eigenvalue weighted by Gasteiger charge is 2.65. The molecule has 2 aliphatic carbocycles. The fourth-order valence-corrected chi connectivity index (χ4v) is 2.95. The second-order valence-corrected chi connectivity index (χ2v) is 5.20. The molecule has 0 spiro atoms. The first-order valence-corrected chi connectivity index (χ1v) is 6.17. The number of halogens is 2. The summed E-state index contributed by atoms with van der Waals surface area (Å²) in [5.41, 5.74) is 0. The Morgan fingerprint density at radius 2 is 2.16 bits per heavy atom. The summed E-state index contributed by atoms with van der Waals surface area (Å²) in [5.74, 6) is -3.66. The van der Waals surface area contributed by atoms with Gasteiger partial charge < -0.3 is 5.32 Å². The van der Waals surface area contributed by atoms with Gasteiger partial charge in [0, 0.05) is 31.7 Å². The smallest absolute Gasteiger partial charge is 0.355 e. The predicted molar refractivity (Wildman–Crippen MR) is 58.5 cm³/mol. The lowest BCUT2D eigenvalue weighted by Crippen LogP contribution is -2.30. The minimum Gasteiger partial charge on any atom is -0.355 e. The van der Waals surface area contributed by atoms with Gasteiger partial charge in [0.05, 0.1) is 0 Å². The van der Waals surface area contributed by atoms with E-state index in [9.17, 15) is 18.4 Å². The molecule has 0 saturated heterocycles. The van der Waals surface area contributed by atoms with Crippen molar-refractivity contribution in [3.8, 4) is 0 Å². The normalized spacial score (nSPS) is 30.9. The summed E-state index contributed by atoms with van der Waals surface area (Å²) in [4.78, 5) is 24.8. The summed E-state index contributed by atoms with van der Waals surface area (Å²) in [7, 11) is 0. The first-order chi connectivity index (χ1) is 8.96. The Balaban J connectivity index is 1.43. The molecule has 3 atom stereocenters. The van der Waals surface area contributed by atoms with Crippen molar-refractivity contribution in [2.45, 2.75) is 25.2 Å². The third-order valence-corrected chi connectivity index (χ3v) is 3.85. The monoisotopic (exact) mass is 273 g/mol. The summed E-state index contributed by atoms with van der Waals surface area (Å²) in [6, 6.07) is 0. The molecule has 1 unspecified atom stereocenters. The molecule has 104 valence electrons.